The monoisotopic (exact) mass is 389 g/mol. The maximum absolute atomic E-state index is 10.0. The molecule has 5 heteroatoms. The highest BCUT2D eigenvalue weighted by Gasteiger charge is 2.10. The Balaban J connectivity index is 0.000000200. The van der Waals surface area contributed by atoms with Gasteiger partial charge in [0, 0.05) is 24.2 Å². The van der Waals surface area contributed by atoms with Crippen LogP contribution in [-0.2, 0) is 13.0 Å². The van der Waals surface area contributed by atoms with Crippen LogP contribution in [0.3, 0.4) is 0 Å². The molecule has 29 heavy (non-hydrogen) atoms. The Morgan fingerprint density at radius 3 is 2.48 bits per heavy atom. The zero-order valence-corrected chi connectivity index (χ0v) is 16.9. The summed E-state index contributed by atoms with van der Waals surface area (Å²) in [6.45, 7) is 4.81. The van der Waals surface area contributed by atoms with Gasteiger partial charge in [-0.1, -0.05) is 49.4 Å². The molecule has 5 nitrogen and oxygen atoms in total. The largest absolute Gasteiger partial charge is 0.491 e. The van der Waals surface area contributed by atoms with E-state index >= 15 is 0 Å². The van der Waals surface area contributed by atoms with Gasteiger partial charge in [0.05, 0.1) is 17.8 Å². The third-order valence-electron chi connectivity index (χ3n) is 4.40. The number of rotatable bonds is 6. The fourth-order valence-electron chi connectivity index (χ4n) is 3.04. The van der Waals surface area contributed by atoms with Crippen LogP contribution in [0, 0.1) is 6.92 Å². The molecule has 2 aromatic heterocycles. The van der Waals surface area contributed by atoms with Gasteiger partial charge in [0.25, 0.3) is 0 Å². The Hall–Kier alpha value is -3.18. The first-order chi connectivity index (χ1) is 14.2. The standard InChI is InChI=1S/C15H20N2O2.C9H7N/c1-3-15-16-12(2)9-17(15)10-13(18)11-19-14-7-5-4-6-8-14;1-2-6-9-8(4-1)5-3-7-10-9/h4-9,13,18H,3,10-11H2,1-2H3;1-7H. The van der Waals surface area contributed by atoms with Gasteiger partial charge in [0.15, 0.2) is 0 Å². The molecule has 2 heterocycles. The van der Waals surface area contributed by atoms with E-state index in [0.29, 0.717) is 6.54 Å². The average Bonchev–Trinajstić information content (AvgIpc) is 3.12. The lowest BCUT2D eigenvalue weighted by molar-refractivity contribution is 0.0917. The van der Waals surface area contributed by atoms with E-state index in [1.54, 1.807) is 0 Å². The van der Waals surface area contributed by atoms with Gasteiger partial charge in [-0.25, -0.2) is 4.98 Å². The van der Waals surface area contributed by atoms with Crippen molar-refractivity contribution in [1.82, 2.24) is 14.5 Å². The van der Waals surface area contributed by atoms with E-state index in [-0.39, 0.29) is 6.61 Å². The molecule has 1 unspecified atom stereocenters. The van der Waals surface area contributed by atoms with Crippen molar-refractivity contribution in [3.8, 4) is 5.75 Å². The first kappa shape index (κ1) is 20.6. The number of hydrogen-bond acceptors (Lipinski definition) is 4. The van der Waals surface area contributed by atoms with Gasteiger partial charge in [0.1, 0.15) is 24.3 Å². The van der Waals surface area contributed by atoms with E-state index in [0.717, 1.165) is 29.2 Å². The Morgan fingerprint density at radius 2 is 1.72 bits per heavy atom. The number of aromatic nitrogens is 3. The van der Waals surface area contributed by atoms with Crippen LogP contribution in [0.1, 0.15) is 18.4 Å². The minimum Gasteiger partial charge on any atom is -0.491 e. The van der Waals surface area contributed by atoms with Crippen LogP contribution in [-0.4, -0.2) is 32.4 Å². The van der Waals surface area contributed by atoms with E-state index < -0.39 is 6.10 Å². The summed E-state index contributed by atoms with van der Waals surface area (Å²) in [5.74, 6) is 1.77. The van der Waals surface area contributed by atoms with Crippen LogP contribution in [0.4, 0.5) is 0 Å². The summed E-state index contributed by atoms with van der Waals surface area (Å²) in [6.07, 6.45) is 4.09. The van der Waals surface area contributed by atoms with Crippen molar-refractivity contribution >= 4 is 10.9 Å². The van der Waals surface area contributed by atoms with E-state index in [4.69, 9.17) is 4.74 Å². The van der Waals surface area contributed by atoms with Gasteiger partial charge >= 0.3 is 0 Å². The summed E-state index contributed by atoms with van der Waals surface area (Å²) in [4.78, 5) is 8.59. The number of aliphatic hydroxyl groups is 1. The second kappa shape index (κ2) is 10.4. The highest BCUT2D eigenvalue weighted by molar-refractivity contribution is 5.77. The van der Waals surface area contributed by atoms with Crippen molar-refractivity contribution in [2.75, 3.05) is 6.61 Å². The molecule has 0 saturated heterocycles. The summed E-state index contributed by atoms with van der Waals surface area (Å²) in [7, 11) is 0. The first-order valence-electron chi connectivity index (χ1n) is 9.84. The summed E-state index contributed by atoms with van der Waals surface area (Å²) < 4.78 is 7.53. The molecule has 4 rings (SSSR count). The summed E-state index contributed by atoms with van der Waals surface area (Å²) in [6, 6.07) is 21.6. The second-order valence-corrected chi connectivity index (χ2v) is 6.78. The predicted molar refractivity (Wildman–Crippen MR) is 116 cm³/mol. The molecule has 1 N–H and O–H groups in total. The van der Waals surface area contributed by atoms with E-state index in [2.05, 4.69) is 29.0 Å². The highest BCUT2D eigenvalue weighted by atomic mass is 16.5. The third-order valence-corrected chi connectivity index (χ3v) is 4.40. The number of para-hydroxylation sites is 2. The molecule has 0 spiro atoms. The van der Waals surface area contributed by atoms with Crippen molar-refractivity contribution in [3.63, 3.8) is 0 Å². The Morgan fingerprint density at radius 1 is 1.00 bits per heavy atom. The lowest BCUT2D eigenvalue weighted by Gasteiger charge is -2.14. The van der Waals surface area contributed by atoms with Gasteiger partial charge < -0.3 is 14.4 Å². The number of ether oxygens (including phenoxy) is 1. The Bertz CT molecular complexity index is 950. The van der Waals surface area contributed by atoms with Crippen molar-refractivity contribution in [2.24, 2.45) is 0 Å². The molecule has 0 aliphatic heterocycles. The van der Waals surface area contributed by atoms with Gasteiger partial charge in [-0.05, 0) is 31.2 Å². The smallest absolute Gasteiger partial charge is 0.119 e. The zero-order valence-electron chi connectivity index (χ0n) is 16.9. The van der Waals surface area contributed by atoms with Crippen molar-refractivity contribution in [2.45, 2.75) is 32.9 Å². The molecule has 2 aromatic carbocycles. The quantitative estimate of drug-likeness (QED) is 0.530. The van der Waals surface area contributed by atoms with E-state index in [1.807, 2.05) is 78.5 Å². The Kier molecular flexibility index (Phi) is 7.36. The summed E-state index contributed by atoms with van der Waals surface area (Å²) >= 11 is 0. The second-order valence-electron chi connectivity index (χ2n) is 6.78. The van der Waals surface area contributed by atoms with E-state index in [1.165, 1.54) is 5.39 Å². The molecule has 0 saturated carbocycles. The Labute approximate surface area is 171 Å². The fourth-order valence-corrected chi connectivity index (χ4v) is 3.04. The van der Waals surface area contributed by atoms with Crippen LogP contribution in [0.5, 0.6) is 5.75 Å². The molecular weight excluding hydrogens is 362 g/mol. The van der Waals surface area contributed by atoms with Crippen LogP contribution < -0.4 is 4.74 Å². The number of aliphatic hydroxyl groups excluding tert-OH is 1. The molecule has 0 aliphatic rings. The number of benzene rings is 2. The molecule has 1 atom stereocenters. The highest BCUT2D eigenvalue weighted by Crippen LogP contribution is 2.10. The topological polar surface area (TPSA) is 60.2 Å². The van der Waals surface area contributed by atoms with Crippen molar-refractivity contribution in [3.05, 3.63) is 90.6 Å². The summed E-state index contributed by atoms with van der Waals surface area (Å²) in [5, 5.41) is 11.2. The molecule has 4 aromatic rings. The maximum atomic E-state index is 10.0. The third kappa shape index (κ3) is 6.16. The number of aryl methyl sites for hydroxylation is 2. The lowest BCUT2D eigenvalue weighted by Crippen LogP contribution is -2.24. The SMILES string of the molecule is CCc1nc(C)cn1CC(O)COc1ccccc1.c1ccc2ncccc2c1. The molecule has 0 bridgehead atoms. The number of imidazole rings is 1. The molecule has 0 fully saturated rings. The van der Waals surface area contributed by atoms with E-state index in [9.17, 15) is 5.11 Å². The normalized spacial score (nSPS) is 11.6. The molecule has 0 amide bonds. The fraction of sp³-hybridized carbons (Fsp3) is 0.250. The van der Waals surface area contributed by atoms with Gasteiger partial charge in [0.2, 0.25) is 0 Å². The first-order valence-corrected chi connectivity index (χ1v) is 9.84. The molecule has 0 aliphatic carbocycles. The minimum atomic E-state index is -0.542. The maximum Gasteiger partial charge on any atom is 0.119 e. The number of pyridine rings is 1. The van der Waals surface area contributed by atoms with Gasteiger partial charge in [-0.15, -0.1) is 0 Å². The molecular formula is C24H27N3O2. The number of fused-ring (bicyclic) bond motifs is 1. The van der Waals surface area contributed by atoms with Crippen molar-refractivity contribution in [1.29, 1.82) is 0 Å². The number of nitrogens with zero attached hydrogens (tertiary/aromatic N) is 3. The number of hydrogen-bond donors (Lipinski definition) is 1. The van der Waals surface area contributed by atoms with Crippen LogP contribution >= 0.6 is 0 Å². The lowest BCUT2D eigenvalue weighted by atomic mass is 10.2. The predicted octanol–water partition coefficient (Wildman–Crippen LogP) is 4.43. The molecule has 0 radical (unpaired) electrons. The van der Waals surface area contributed by atoms with Crippen molar-refractivity contribution < 1.29 is 9.84 Å². The zero-order chi connectivity index (χ0) is 20.5. The van der Waals surface area contributed by atoms with Gasteiger partial charge in [-0.2, -0.15) is 0 Å². The van der Waals surface area contributed by atoms with Gasteiger partial charge in [-0.3, -0.25) is 4.98 Å². The summed E-state index contributed by atoms with van der Waals surface area (Å²) in [5.41, 5.74) is 2.04. The average molecular weight is 389 g/mol. The van der Waals surface area contributed by atoms with Crippen LogP contribution in [0.25, 0.3) is 10.9 Å². The minimum absolute atomic E-state index is 0.282. The van der Waals surface area contributed by atoms with Crippen LogP contribution in [0.2, 0.25) is 0 Å². The molecule has 150 valence electrons. The van der Waals surface area contributed by atoms with Crippen LogP contribution in [0.15, 0.2) is 79.1 Å².